The minimum absolute atomic E-state index is 0.613. The Balaban J connectivity index is 2.24. The largest absolute Gasteiger partial charge is 0.454 e. The van der Waals surface area contributed by atoms with E-state index in [0.29, 0.717) is 5.92 Å². The Kier molecular flexibility index (Phi) is 4.66. The molecule has 0 aliphatic carbocycles. The van der Waals surface area contributed by atoms with Gasteiger partial charge in [0.2, 0.25) is 0 Å². The average Bonchev–Trinajstić information content (AvgIpc) is 2.91. The molecule has 0 spiro atoms. The van der Waals surface area contributed by atoms with Crippen molar-refractivity contribution in [2.24, 2.45) is 5.92 Å². The van der Waals surface area contributed by atoms with Gasteiger partial charge in [0.05, 0.1) is 5.69 Å². The van der Waals surface area contributed by atoms with Crippen molar-refractivity contribution in [1.82, 2.24) is 0 Å². The Labute approximate surface area is 144 Å². The molecule has 3 aromatic rings. The summed E-state index contributed by atoms with van der Waals surface area (Å²) in [6.45, 7) is 9.60. The third-order valence-corrected chi connectivity index (χ3v) is 4.55. The predicted octanol–water partition coefficient (Wildman–Crippen LogP) is 6.11. The van der Waals surface area contributed by atoms with Gasteiger partial charge in [-0.1, -0.05) is 56.3 Å². The normalized spacial score (nSPS) is 12.1. The highest BCUT2D eigenvalue weighted by molar-refractivity contribution is 6.10. The first-order valence-electron chi connectivity index (χ1n) is 8.79. The van der Waals surface area contributed by atoms with Crippen LogP contribution < -0.4 is 4.90 Å². The number of aryl methyl sites for hydroxylation is 1. The molecule has 126 valence electrons. The average molecular weight is 321 g/mol. The molecule has 0 atom stereocenters. The summed E-state index contributed by atoms with van der Waals surface area (Å²) in [5.41, 5.74) is 5.80. The number of nitrogens with zero attached hydrogens (tertiary/aromatic N) is 1. The van der Waals surface area contributed by atoms with Crippen molar-refractivity contribution in [2.75, 3.05) is 18.5 Å². The maximum atomic E-state index is 6.43. The number of anilines is 1. The van der Waals surface area contributed by atoms with Crippen molar-refractivity contribution >= 4 is 27.6 Å². The second-order valence-electron chi connectivity index (χ2n) is 7.05. The van der Waals surface area contributed by atoms with E-state index in [0.717, 1.165) is 24.1 Å². The molecule has 0 unspecified atom stereocenters. The number of benzene rings is 2. The number of fused-ring (bicyclic) bond motifs is 3. The molecule has 0 saturated heterocycles. The molecule has 0 N–H and O–H groups in total. The van der Waals surface area contributed by atoms with E-state index in [1.165, 1.54) is 27.6 Å². The summed E-state index contributed by atoms with van der Waals surface area (Å²) >= 11 is 0. The molecular weight excluding hydrogens is 294 g/mol. The molecule has 0 aliphatic heterocycles. The molecule has 24 heavy (non-hydrogen) atoms. The third-order valence-electron chi connectivity index (χ3n) is 4.55. The summed E-state index contributed by atoms with van der Waals surface area (Å²) in [7, 11) is 2.13. The SMILES string of the molecule is C/C=C\CN(C)c1c(C)ccc2c1oc1c(CC(C)C)cccc12. The molecule has 1 aromatic heterocycles. The van der Waals surface area contributed by atoms with E-state index in [-0.39, 0.29) is 0 Å². The predicted molar refractivity (Wildman–Crippen MR) is 105 cm³/mol. The van der Waals surface area contributed by atoms with Gasteiger partial charge < -0.3 is 9.32 Å². The maximum Gasteiger partial charge on any atom is 0.158 e. The first-order chi connectivity index (χ1) is 11.5. The Bertz CT molecular complexity index is 886. The Morgan fingerprint density at radius 1 is 1.08 bits per heavy atom. The number of allylic oxidation sites excluding steroid dienone is 1. The van der Waals surface area contributed by atoms with Crippen LogP contribution in [0.4, 0.5) is 5.69 Å². The smallest absolute Gasteiger partial charge is 0.158 e. The molecule has 2 nitrogen and oxygen atoms in total. The molecule has 1 heterocycles. The van der Waals surface area contributed by atoms with Crippen LogP contribution in [0.25, 0.3) is 21.9 Å². The van der Waals surface area contributed by atoms with Crippen LogP contribution in [0.1, 0.15) is 31.9 Å². The lowest BCUT2D eigenvalue weighted by Crippen LogP contribution is -2.18. The molecule has 0 radical (unpaired) electrons. The highest BCUT2D eigenvalue weighted by Crippen LogP contribution is 2.38. The van der Waals surface area contributed by atoms with Crippen molar-refractivity contribution in [3.05, 3.63) is 53.6 Å². The summed E-state index contributed by atoms with van der Waals surface area (Å²) in [6.07, 6.45) is 5.30. The minimum atomic E-state index is 0.613. The van der Waals surface area contributed by atoms with Gasteiger partial charge in [0.25, 0.3) is 0 Å². The van der Waals surface area contributed by atoms with E-state index in [1.54, 1.807) is 0 Å². The van der Waals surface area contributed by atoms with Crippen molar-refractivity contribution in [3.63, 3.8) is 0 Å². The molecule has 0 amide bonds. The second kappa shape index (κ2) is 6.72. The fraction of sp³-hybridized carbons (Fsp3) is 0.364. The van der Waals surface area contributed by atoms with E-state index in [9.17, 15) is 0 Å². The van der Waals surface area contributed by atoms with Crippen molar-refractivity contribution in [1.29, 1.82) is 0 Å². The van der Waals surface area contributed by atoms with E-state index >= 15 is 0 Å². The van der Waals surface area contributed by atoms with Gasteiger partial charge in [-0.2, -0.15) is 0 Å². The van der Waals surface area contributed by atoms with Gasteiger partial charge in [-0.15, -0.1) is 0 Å². The van der Waals surface area contributed by atoms with Crippen LogP contribution in [0.5, 0.6) is 0 Å². The van der Waals surface area contributed by atoms with Crippen molar-refractivity contribution < 1.29 is 4.42 Å². The lowest BCUT2D eigenvalue weighted by Gasteiger charge is -2.19. The summed E-state index contributed by atoms with van der Waals surface area (Å²) in [5, 5.41) is 2.44. The number of hydrogen-bond donors (Lipinski definition) is 0. The molecule has 0 bridgehead atoms. The molecule has 2 heteroatoms. The number of para-hydroxylation sites is 1. The molecule has 0 saturated carbocycles. The number of likely N-dealkylation sites (N-methyl/N-ethyl adjacent to an activating group) is 1. The summed E-state index contributed by atoms with van der Waals surface area (Å²) in [5.74, 6) is 0.613. The molecule has 3 rings (SSSR count). The van der Waals surface area contributed by atoms with E-state index in [2.05, 4.69) is 82.1 Å². The zero-order valence-corrected chi connectivity index (χ0v) is 15.4. The number of hydrogen-bond acceptors (Lipinski definition) is 2. The third kappa shape index (κ3) is 2.93. The Morgan fingerprint density at radius 2 is 1.83 bits per heavy atom. The summed E-state index contributed by atoms with van der Waals surface area (Å²) in [4.78, 5) is 2.27. The van der Waals surface area contributed by atoms with Gasteiger partial charge in [0.1, 0.15) is 5.58 Å². The Morgan fingerprint density at radius 3 is 2.54 bits per heavy atom. The zero-order valence-electron chi connectivity index (χ0n) is 15.4. The van der Waals surface area contributed by atoms with Crippen LogP contribution >= 0.6 is 0 Å². The van der Waals surface area contributed by atoms with Crippen LogP contribution in [0.3, 0.4) is 0 Å². The van der Waals surface area contributed by atoms with E-state index < -0.39 is 0 Å². The van der Waals surface area contributed by atoms with Gasteiger partial charge in [0, 0.05) is 24.4 Å². The fourth-order valence-corrected chi connectivity index (χ4v) is 3.43. The lowest BCUT2D eigenvalue weighted by molar-refractivity contribution is 0.623. The van der Waals surface area contributed by atoms with Crippen LogP contribution in [0.2, 0.25) is 0 Å². The van der Waals surface area contributed by atoms with Crippen LogP contribution in [-0.2, 0) is 6.42 Å². The summed E-state index contributed by atoms with van der Waals surface area (Å²) < 4.78 is 6.43. The Hall–Kier alpha value is -2.22. The molecular formula is C22H27NO. The maximum absolute atomic E-state index is 6.43. The molecule has 0 aliphatic rings. The van der Waals surface area contributed by atoms with Crippen LogP contribution in [-0.4, -0.2) is 13.6 Å². The van der Waals surface area contributed by atoms with Gasteiger partial charge >= 0.3 is 0 Å². The molecule has 0 fully saturated rings. The first kappa shape index (κ1) is 16.6. The van der Waals surface area contributed by atoms with Crippen molar-refractivity contribution in [2.45, 2.75) is 34.1 Å². The van der Waals surface area contributed by atoms with Crippen LogP contribution in [0, 0.1) is 12.8 Å². The van der Waals surface area contributed by atoms with Gasteiger partial charge in [-0.05, 0) is 37.3 Å². The van der Waals surface area contributed by atoms with E-state index in [1.807, 2.05) is 0 Å². The number of furan rings is 1. The standard InChI is InChI=1S/C22H27NO/c1-6-7-13-23(5)20-16(4)11-12-19-18-10-8-9-17(14-15(2)3)21(18)24-22(19)20/h6-12,15H,13-14H2,1-5H3/b7-6-. The summed E-state index contributed by atoms with van der Waals surface area (Å²) in [6, 6.07) is 10.9. The molecule has 2 aromatic carbocycles. The van der Waals surface area contributed by atoms with Gasteiger partial charge in [-0.3, -0.25) is 0 Å². The highest BCUT2D eigenvalue weighted by atomic mass is 16.3. The fourth-order valence-electron chi connectivity index (χ4n) is 3.43. The van der Waals surface area contributed by atoms with E-state index in [4.69, 9.17) is 4.42 Å². The topological polar surface area (TPSA) is 16.4 Å². The second-order valence-corrected chi connectivity index (χ2v) is 7.05. The number of rotatable bonds is 5. The van der Waals surface area contributed by atoms with Gasteiger partial charge in [-0.25, -0.2) is 0 Å². The first-order valence-corrected chi connectivity index (χ1v) is 8.79. The highest BCUT2D eigenvalue weighted by Gasteiger charge is 2.17. The quantitative estimate of drug-likeness (QED) is 0.527. The lowest BCUT2D eigenvalue weighted by atomic mass is 10.00. The monoisotopic (exact) mass is 321 g/mol. The van der Waals surface area contributed by atoms with Crippen molar-refractivity contribution in [3.8, 4) is 0 Å². The zero-order chi connectivity index (χ0) is 17.3. The van der Waals surface area contributed by atoms with Gasteiger partial charge in [0.15, 0.2) is 5.58 Å². The van der Waals surface area contributed by atoms with Crippen LogP contribution in [0.15, 0.2) is 46.9 Å². The minimum Gasteiger partial charge on any atom is -0.454 e.